The molecule has 1 atom stereocenters. The first kappa shape index (κ1) is 18.4. The predicted octanol–water partition coefficient (Wildman–Crippen LogP) is 2.53. The fraction of sp³-hybridized carbons (Fsp3) is 0.333. The van der Waals surface area contributed by atoms with E-state index in [4.69, 9.17) is 16.1 Å². The van der Waals surface area contributed by atoms with Crippen LogP contribution in [0.15, 0.2) is 33.7 Å². The summed E-state index contributed by atoms with van der Waals surface area (Å²) in [7, 11) is -2.70. The molecular weight excluding hydrogens is 356 g/mol. The molecule has 2 aromatic rings. The number of methoxy groups -OCH3 is 1. The van der Waals surface area contributed by atoms with E-state index in [2.05, 4.69) is 14.6 Å². The lowest BCUT2D eigenvalue weighted by atomic mass is 10.1. The van der Waals surface area contributed by atoms with E-state index >= 15 is 0 Å². The van der Waals surface area contributed by atoms with Crippen molar-refractivity contribution < 1.29 is 22.5 Å². The minimum Gasteiger partial charge on any atom is -0.469 e. The molecule has 0 aliphatic heterocycles. The summed E-state index contributed by atoms with van der Waals surface area (Å²) in [5.41, 5.74) is 0.827. The molecule has 0 spiro atoms. The fourth-order valence-corrected chi connectivity index (χ4v) is 3.96. The number of halogens is 1. The molecule has 2 rings (SSSR count). The average molecular weight is 373 g/mol. The second kappa shape index (κ2) is 7.33. The van der Waals surface area contributed by atoms with Crippen LogP contribution in [0.3, 0.4) is 0 Å². The normalized spacial score (nSPS) is 12.8. The lowest BCUT2D eigenvalue weighted by molar-refractivity contribution is -0.141. The largest absolute Gasteiger partial charge is 0.469 e. The molecule has 0 aliphatic rings. The Bertz CT molecular complexity index is 811. The van der Waals surface area contributed by atoms with Crippen molar-refractivity contribution in [3.63, 3.8) is 0 Å². The standard InChI is InChI=1S/C15H17ClN2O5S/c1-9-15(10(2)23-17-9)24(20,21)18-13(8-14(19)22-3)11-4-6-12(16)7-5-11/h4-7,13,18H,8H2,1-3H3/t13-/m1/s1. The molecule has 0 radical (unpaired) electrons. The molecule has 0 unspecified atom stereocenters. The van der Waals surface area contributed by atoms with Crippen LogP contribution in [-0.4, -0.2) is 26.7 Å². The first-order chi connectivity index (χ1) is 11.2. The minimum absolute atomic E-state index is 0.0358. The smallest absolute Gasteiger partial charge is 0.307 e. The molecule has 1 aromatic carbocycles. The highest BCUT2D eigenvalue weighted by atomic mass is 35.5. The average Bonchev–Trinajstić information content (AvgIpc) is 2.86. The van der Waals surface area contributed by atoms with Crippen LogP contribution in [0.4, 0.5) is 0 Å². The Morgan fingerprint density at radius 2 is 1.96 bits per heavy atom. The molecule has 0 bridgehead atoms. The van der Waals surface area contributed by atoms with Crippen molar-refractivity contribution >= 4 is 27.6 Å². The van der Waals surface area contributed by atoms with Gasteiger partial charge in [0.1, 0.15) is 10.6 Å². The number of hydrogen-bond acceptors (Lipinski definition) is 6. The molecule has 0 amide bonds. The summed E-state index contributed by atoms with van der Waals surface area (Å²) in [6, 6.07) is 5.71. The topological polar surface area (TPSA) is 98.5 Å². The number of benzene rings is 1. The molecule has 1 N–H and O–H groups in total. The number of ether oxygens (including phenoxy) is 1. The van der Waals surface area contributed by atoms with Gasteiger partial charge in [0.15, 0.2) is 5.76 Å². The molecule has 0 saturated heterocycles. The summed E-state index contributed by atoms with van der Waals surface area (Å²) >= 11 is 5.85. The third-order valence-corrected chi connectivity index (χ3v) is 5.37. The first-order valence-electron chi connectivity index (χ1n) is 7.02. The van der Waals surface area contributed by atoms with Gasteiger partial charge in [0.25, 0.3) is 0 Å². The molecule has 0 saturated carbocycles. The van der Waals surface area contributed by atoms with E-state index in [9.17, 15) is 13.2 Å². The van der Waals surface area contributed by atoms with Gasteiger partial charge in [0, 0.05) is 5.02 Å². The molecule has 0 aliphatic carbocycles. The van der Waals surface area contributed by atoms with Gasteiger partial charge in [0.2, 0.25) is 10.0 Å². The Morgan fingerprint density at radius 3 is 2.46 bits per heavy atom. The van der Waals surface area contributed by atoms with E-state index in [1.54, 1.807) is 24.3 Å². The lowest BCUT2D eigenvalue weighted by Gasteiger charge is -2.18. The van der Waals surface area contributed by atoms with Crippen LogP contribution < -0.4 is 4.72 Å². The molecule has 0 fully saturated rings. The summed E-state index contributed by atoms with van der Waals surface area (Å²) in [4.78, 5) is 11.6. The number of rotatable bonds is 6. The zero-order chi connectivity index (χ0) is 17.9. The third kappa shape index (κ3) is 4.14. The Labute approximate surface area is 145 Å². The van der Waals surface area contributed by atoms with E-state index in [0.717, 1.165) is 0 Å². The second-order valence-corrected chi connectivity index (χ2v) is 7.25. The van der Waals surface area contributed by atoms with Gasteiger partial charge in [-0.3, -0.25) is 4.79 Å². The highest BCUT2D eigenvalue weighted by molar-refractivity contribution is 7.89. The Balaban J connectivity index is 2.37. The van der Waals surface area contributed by atoms with Gasteiger partial charge in [0.05, 0.1) is 19.6 Å². The van der Waals surface area contributed by atoms with E-state index < -0.39 is 22.0 Å². The number of esters is 1. The number of aromatic nitrogens is 1. The summed E-state index contributed by atoms with van der Waals surface area (Å²) in [5, 5.41) is 4.15. The summed E-state index contributed by atoms with van der Waals surface area (Å²) in [6.45, 7) is 3.04. The quantitative estimate of drug-likeness (QED) is 0.782. The number of nitrogens with one attached hydrogen (secondary N) is 1. The van der Waals surface area contributed by atoms with Crippen LogP contribution in [0.2, 0.25) is 5.02 Å². The number of sulfonamides is 1. The number of hydrogen-bond donors (Lipinski definition) is 1. The van der Waals surface area contributed by atoms with Gasteiger partial charge in [-0.15, -0.1) is 0 Å². The van der Waals surface area contributed by atoms with Crippen LogP contribution in [0.5, 0.6) is 0 Å². The molecule has 130 valence electrons. The van der Waals surface area contributed by atoms with Gasteiger partial charge < -0.3 is 9.26 Å². The van der Waals surface area contributed by atoms with Crippen LogP contribution in [0.25, 0.3) is 0 Å². The number of carbonyl (C=O) groups is 1. The first-order valence-corrected chi connectivity index (χ1v) is 8.88. The summed E-state index contributed by atoms with van der Waals surface area (Å²) in [5.74, 6) is -0.371. The molecule has 1 heterocycles. The van der Waals surface area contributed by atoms with Gasteiger partial charge in [-0.05, 0) is 31.5 Å². The van der Waals surface area contributed by atoms with Gasteiger partial charge >= 0.3 is 5.97 Å². The number of aryl methyl sites for hydroxylation is 2. The molecule has 1 aromatic heterocycles. The minimum atomic E-state index is -3.94. The van der Waals surface area contributed by atoms with Crippen LogP contribution >= 0.6 is 11.6 Å². The Kier molecular flexibility index (Phi) is 5.63. The Morgan fingerprint density at radius 1 is 1.33 bits per heavy atom. The maximum Gasteiger partial charge on any atom is 0.307 e. The molecule has 7 nitrogen and oxygen atoms in total. The van der Waals surface area contributed by atoms with Crippen molar-refractivity contribution in [2.45, 2.75) is 31.2 Å². The molecule has 24 heavy (non-hydrogen) atoms. The predicted molar refractivity (Wildman–Crippen MR) is 87.1 cm³/mol. The molecule has 9 heteroatoms. The highest BCUT2D eigenvalue weighted by Crippen LogP contribution is 2.25. The zero-order valence-corrected chi connectivity index (χ0v) is 14.9. The lowest BCUT2D eigenvalue weighted by Crippen LogP contribution is -2.31. The van der Waals surface area contributed by atoms with Crippen molar-refractivity contribution in [1.29, 1.82) is 0 Å². The fourth-order valence-electron chi connectivity index (χ4n) is 2.28. The second-order valence-electron chi connectivity index (χ2n) is 5.16. The summed E-state index contributed by atoms with van der Waals surface area (Å²) < 4.78 is 37.4. The van der Waals surface area contributed by atoms with Crippen LogP contribution in [0, 0.1) is 13.8 Å². The van der Waals surface area contributed by atoms with Crippen LogP contribution in [0.1, 0.15) is 29.5 Å². The Hall–Kier alpha value is -1.90. The van der Waals surface area contributed by atoms with Gasteiger partial charge in [-0.1, -0.05) is 28.9 Å². The maximum atomic E-state index is 12.7. The van der Waals surface area contributed by atoms with Crippen molar-refractivity contribution in [2.75, 3.05) is 7.11 Å². The van der Waals surface area contributed by atoms with Crippen molar-refractivity contribution in [1.82, 2.24) is 9.88 Å². The third-order valence-electron chi connectivity index (χ3n) is 3.40. The van der Waals surface area contributed by atoms with Crippen molar-refractivity contribution in [3.05, 3.63) is 46.3 Å². The highest BCUT2D eigenvalue weighted by Gasteiger charge is 2.29. The summed E-state index contributed by atoms with van der Waals surface area (Å²) in [6.07, 6.45) is -0.166. The van der Waals surface area contributed by atoms with Crippen molar-refractivity contribution in [3.8, 4) is 0 Å². The van der Waals surface area contributed by atoms with Crippen molar-refractivity contribution in [2.24, 2.45) is 0 Å². The van der Waals surface area contributed by atoms with Gasteiger partial charge in [-0.2, -0.15) is 0 Å². The van der Waals surface area contributed by atoms with Gasteiger partial charge in [-0.25, -0.2) is 13.1 Å². The number of carbonyl (C=O) groups excluding carboxylic acids is 1. The van der Waals surface area contributed by atoms with E-state index in [-0.39, 0.29) is 22.8 Å². The SMILES string of the molecule is COC(=O)C[C@@H](NS(=O)(=O)c1c(C)noc1C)c1ccc(Cl)cc1. The van der Waals surface area contributed by atoms with E-state index in [0.29, 0.717) is 10.6 Å². The van der Waals surface area contributed by atoms with Crippen LogP contribution in [-0.2, 0) is 19.6 Å². The number of nitrogens with zero attached hydrogens (tertiary/aromatic N) is 1. The van der Waals surface area contributed by atoms with E-state index in [1.165, 1.54) is 21.0 Å². The maximum absolute atomic E-state index is 12.7. The molecular formula is C15H17ClN2O5S. The monoisotopic (exact) mass is 372 g/mol. The van der Waals surface area contributed by atoms with E-state index in [1.807, 2.05) is 0 Å². The zero-order valence-electron chi connectivity index (χ0n) is 13.4.